The van der Waals surface area contributed by atoms with Gasteiger partial charge in [-0.1, -0.05) is 0 Å². The number of fused-ring (bicyclic) bond motifs is 3. The Morgan fingerprint density at radius 2 is 2.17 bits per heavy atom. The quantitative estimate of drug-likeness (QED) is 0.306. The maximum atomic E-state index is 13.8. The molecule has 0 aliphatic heterocycles. The van der Waals surface area contributed by atoms with Crippen molar-refractivity contribution >= 4 is 38.3 Å². The molecule has 0 fully saturated rings. The van der Waals surface area contributed by atoms with Gasteiger partial charge in [-0.05, 0) is 43.4 Å². The molecule has 2 heterocycles. The lowest BCUT2D eigenvalue weighted by Crippen LogP contribution is -2.35. The van der Waals surface area contributed by atoms with Gasteiger partial charge in [0.05, 0.1) is 23.4 Å². The molecule has 1 aromatic carbocycles. The van der Waals surface area contributed by atoms with E-state index in [1.54, 1.807) is 0 Å². The average Bonchev–Trinajstić information content (AvgIpc) is 3.20. The molecule has 0 spiro atoms. The van der Waals surface area contributed by atoms with Crippen molar-refractivity contribution in [1.29, 1.82) is 0 Å². The number of hydrogen-bond donors (Lipinski definition) is 4. The molecule has 188 valence electrons. The lowest BCUT2D eigenvalue weighted by atomic mass is 9.86. The molecular weight excluding hydrogens is 477 g/mol. The molecular formula is C23H28FN5O5S. The number of carbonyl (C=O) groups excluding carboxylic acids is 1. The molecule has 4 N–H and O–H groups in total. The number of aromatic nitrogens is 3. The molecule has 12 heteroatoms. The number of carbonyl (C=O) groups is 1. The summed E-state index contributed by atoms with van der Waals surface area (Å²) in [6.07, 6.45) is 4.76. The van der Waals surface area contributed by atoms with Crippen LogP contribution < -0.4 is 15.4 Å². The van der Waals surface area contributed by atoms with E-state index in [4.69, 9.17) is 9.84 Å². The summed E-state index contributed by atoms with van der Waals surface area (Å²) in [4.78, 5) is 24.8. The van der Waals surface area contributed by atoms with Crippen molar-refractivity contribution in [2.75, 3.05) is 37.1 Å². The second-order valence-electron chi connectivity index (χ2n) is 8.58. The van der Waals surface area contributed by atoms with Gasteiger partial charge in [-0.2, -0.15) is 0 Å². The number of aryl methyl sites for hydroxylation is 1. The number of anilines is 2. The molecule has 10 nitrogen and oxygen atoms in total. The first-order chi connectivity index (χ1) is 16.7. The number of amides is 1. The second kappa shape index (κ2) is 10.6. The van der Waals surface area contributed by atoms with Crippen LogP contribution in [0.3, 0.4) is 0 Å². The van der Waals surface area contributed by atoms with E-state index in [1.165, 1.54) is 30.8 Å². The summed E-state index contributed by atoms with van der Waals surface area (Å²) in [5, 5.41) is 15.9. The first kappa shape index (κ1) is 24.9. The molecule has 1 aliphatic carbocycles. The molecule has 35 heavy (non-hydrogen) atoms. The molecule has 3 aromatic rings. The fourth-order valence-electron chi connectivity index (χ4n) is 4.25. The zero-order valence-electron chi connectivity index (χ0n) is 19.3. The maximum Gasteiger partial charge on any atom is 0.223 e. The van der Waals surface area contributed by atoms with Gasteiger partial charge in [0.25, 0.3) is 0 Å². The number of ether oxygens (including phenoxy) is 1. The molecule has 0 saturated heterocycles. The van der Waals surface area contributed by atoms with E-state index in [9.17, 15) is 17.6 Å². The van der Waals surface area contributed by atoms with E-state index in [0.29, 0.717) is 49.4 Å². The summed E-state index contributed by atoms with van der Waals surface area (Å²) >= 11 is 0. The van der Waals surface area contributed by atoms with Crippen LogP contribution in [0.25, 0.3) is 11.0 Å². The summed E-state index contributed by atoms with van der Waals surface area (Å²) in [6.45, 7) is 0.106. The topological polar surface area (TPSA) is 146 Å². The SMILES string of the molecule is CS(=O)(=O)CCCNC(=O)[C@H]1CCc2[nH]c3ncnc(Nc4ccc(F)cc4OCCO)c3c2C1. The zero-order chi connectivity index (χ0) is 25.0. The number of aliphatic hydroxyl groups excluding tert-OH is 1. The number of hydrogen-bond acceptors (Lipinski definition) is 8. The predicted molar refractivity (Wildman–Crippen MR) is 129 cm³/mol. The summed E-state index contributed by atoms with van der Waals surface area (Å²) in [5.74, 6) is -0.0841. The lowest BCUT2D eigenvalue weighted by molar-refractivity contribution is -0.125. The standard InChI is InChI=1S/C23H28FN5O5S/c1-35(32,33)10-2-7-25-23(31)14-3-5-17-16(11-14)20-21(28-17)26-13-27-22(20)29-18-6-4-15(24)12-19(18)34-9-8-30/h4,6,12-14,30H,2-3,5,7-11H2,1H3,(H,25,31)(H2,26,27,28,29)/t14-/m0/s1. The summed E-state index contributed by atoms with van der Waals surface area (Å²) < 4.78 is 41.8. The number of rotatable bonds is 10. The largest absolute Gasteiger partial charge is 0.489 e. The minimum atomic E-state index is -3.06. The van der Waals surface area contributed by atoms with Crippen LogP contribution in [-0.2, 0) is 27.5 Å². The number of benzene rings is 1. The van der Waals surface area contributed by atoms with Gasteiger partial charge in [-0.25, -0.2) is 22.8 Å². The monoisotopic (exact) mass is 505 g/mol. The number of aliphatic hydroxyl groups is 1. The Bertz CT molecular complexity index is 1330. The highest BCUT2D eigenvalue weighted by Crippen LogP contribution is 2.36. The van der Waals surface area contributed by atoms with Gasteiger partial charge in [0.2, 0.25) is 5.91 Å². The minimum Gasteiger partial charge on any atom is -0.489 e. The molecule has 1 aliphatic rings. The van der Waals surface area contributed by atoms with E-state index >= 15 is 0 Å². The number of H-pyrrole nitrogens is 1. The Hall–Kier alpha value is -3.25. The third kappa shape index (κ3) is 6.06. The Morgan fingerprint density at radius 3 is 2.94 bits per heavy atom. The Morgan fingerprint density at radius 1 is 1.34 bits per heavy atom. The van der Waals surface area contributed by atoms with Crippen LogP contribution in [-0.4, -0.2) is 66.2 Å². The van der Waals surface area contributed by atoms with Gasteiger partial charge in [-0.3, -0.25) is 4.79 Å². The van der Waals surface area contributed by atoms with Crippen molar-refractivity contribution < 1.29 is 27.4 Å². The van der Waals surface area contributed by atoms with Crippen LogP contribution in [0.1, 0.15) is 24.1 Å². The van der Waals surface area contributed by atoms with E-state index in [0.717, 1.165) is 16.6 Å². The number of nitrogens with zero attached hydrogens (tertiary/aromatic N) is 2. The van der Waals surface area contributed by atoms with Gasteiger partial charge in [0.15, 0.2) is 0 Å². The fraction of sp³-hybridized carbons (Fsp3) is 0.435. The fourth-order valence-corrected chi connectivity index (χ4v) is 4.92. The third-order valence-corrected chi connectivity index (χ3v) is 6.91. The Labute approximate surface area is 202 Å². The van der Waals surface area contributed by atoms with Gasteiger partial charge in [0, 0.05) is 30.5 Å². The summed E-state index contributed by atoms with van der Waals surface area (Å²) in [6, 6.07) is 4.05. The van der Waals surface area contributed by atoms with Crippen LogP contribution in [0.5, 0.6) is 5.75 Å². The molecule has 1 atom stereocenters. The molecule has 0 saturated carbocycles. The van der Waals surface area contributed by atoms with Crippen molar-refractivity contribution in [2.45, 2.75) is 25.7 Å². The number of aromatic amines is 1. The highest BCUT2D eigenvalue weighted by atomic mass is 32.2. The second-order valence-corrected chi connectivity index (χ2v) is 10.8. The van der Waals surface area contributed by atoms with Crippen molar-refractivity contribution in [3.63, 3.8) is 0 Å². The van der Waals surface area contributed by atoms with E-state index in [2.05, 4.69) is 25.6 Å². The van der Waals surface area contributed by atoms with Crippen molar-refractivity contribution in [3.05, 3.63) is 41.6 Å². The van der Waals surface area contributed by atoms with Gasteiger partial charge in [-0.15, -0.1) is 0 Å². The van der Waals surface area contributed by atoms with Crippen molar-refractivity contribution in [3.8, 4) is 5.75 Å². The third-order valence-electron chi connectivity index (χ3n) is 5.88. The number of nitrogens with one attached hydrogen (secondary N) is 3. The van der Waals surface area contributed by atoms with E-state index in [1.807, 2.05) is 0 Å². The Kier molecular flexibility index (Phi) is 7.51. The lowest BCUT2D eigenvalue weighted by Gasteiger charge is -2.22. The molecule has 0 radical (unpaired) electrons. The normalized spacial score (nSPS) is 15.6. The van der Waals surface area contributed by atoms with Crippen molar-refractivity contribution in [2.24, 2.45) is 5.92 Å². The first-order valence-corrected chi connectivity index (χ1v) is 13.4. The predicted octanol–water partition coefficient (Wildman–Crippen LogP) is 1.87. The maximum absolute atomic E-state index is 13.8. The minimum absolute atomic E-state index is 0.0118. The average molecular weight is 506 g/mol. The summed E-state index contributed by atoms with van der Waals surface area (Å²) in [7, 11) is -3.06. The number of sulfone groups is 1. The summed E-state index contributed by atoms with van der Waals surface area (Å²) in [5.41, 5.74) is 3.03. The zero-order valence-corrected chi connectivity index (χ0v) is 20.1. The van der Waals surface area contributed by atoms with E-state index in [-0.39, 0.29) is 36.5 Å². The Balaban J connectivity index is 1.55. The van der Waals surface area contributed by atoms with Crippen LogP contribution in [0.15, 0.2) is 24.5 Å². The van der Waals surface area contributed by atoms with Gasteiger partial charge < -0.3 is 25.5 Å². The van der Waals surface area contributed by atoms with E-state index < -0.39 is 15.7 Å². The molecule has 0 bridgehead atoms. The van der Waals surface area contributed by atoms with Crippen LogP contribution in [0, 0.1) is 11.7 Å². The highest BCUT2D eigenvalue weighted by molar-refractivity contribution is 7.90. The van der Waals surface area contributed by atoms with Crippen molar-refractivity contribution in [1.82, 2.24) is 20.3 Å². The van der Waals surface area contributed by atoms with Crippen LogP contribution >= 0.6 is 0 Å². The number of halogens is 1. The molecule has 0 unspecified atom stereocenters. The van der Waals surface area contributed by atoms with Gasteiger partial charge >= 0.3 is 0 Å². The molecule has 4 rings (SSSR count). The van der Waals surface area contributed by atoms with Crippen LogP contribution in [0.4, 0.5) is 15.9 Å². The smallest absolute Gasteiger partial charge is 0.223 e. The first-order valence-electron chi connectivity index (χ1n) is 11.3. The van der Waals surface area contributed by atoms with Gasteiger partial charge in [0.1, 0.15) is 45.8 Å². The molecule has 2 aromatic heterocycles. The van der Waals surface area contributed by atoms with Crippen LogP contribution in [0.2, 0.25) is 0 Å². The molecule has 1 amide bonds. The highest BCUT2D eigenvalue weighted by Gasteiger charge is 2.29.